The van der Waals surface area contributed by atoms with Crippen molar-refractivity contribution in [3.05, 3.63) is 33.8 Å². The standard InChI is InChI=1S/C13H15BrO2/c1-8-4-10(6-11(14)5-8)12(7-13(15)16)9-2-3-9/h4-6,9,12H,2-3,7H2,1H3,(H,15,16). The molecule has 1 N–H and O–H groups in total. The van der Waals surface area contributed by atoms with E-state index in [4.69, 9.17) is 5.11 Å². The summed E-state index contributed by atoms with van der Waals surface area (Å²) in [5, 5.41) is 8.95. The van der Waals surface area contributed by atoms with Crippen LogP contribution in [0.3, 0.4) is 0 Å². The van der Waals surface area contributed by atoms with Gasteiger partial charge in [-0.15, -0.1) is 0 Å². The number of aliphatic carboxylic acids is 1. The molecule has 1 atom stereocenters. The Morgan fingerprint density at radius 2 is 2.19 bits per heavy atom. The van der Waals surface area contributed by atoms with Crippen LogP contribution >= 0.6 is 15.9 Å². The van der Waals surface area contributed by atoms with Crippen molar-refractivity contribution in [2.75, 3.05) is 0 Å². The zero-order valence-corrected chi connectivity index (χ0v) is 10.8. The minimum absolute atomic E-state index is 0.189. The second-order valence-corrected chi connectivity index (χ2v) is 5.52. The molecule has 0 aromatic heterocycles. The van der Waals surface area contributed by atoms with E-state index < -0.39 is 5.97 Å². The molecule has 1 fully saturated rings. The molecule has 2 nitrogen and oxygen atoms in total. The van der Waals surface area contributed by atoms with E-state index in [1.165, 1.54) is 18.4 Å². The van der Waals surface area contributed by atoms with Crippen LogP contribution < -0.4 is 0 Å². The first-order valence-electron chi connectivity index (χ1n) is 5.55. The van der Waals surface area contributed by atoms with Gasteiger partial charge in [-0.05, 0) is 54.9 Å². The first-order valence-corrected chi connectivity index (χ1v) is 6.34. The summed E-state index contributed by atoms with van der Waals surface area (Å²) in [7, 11) is 0. The smallest absolute Gasteiger partial charge is 0.303 e. The van der Waals surface area contributed by atoms with Crippen LogP contribution in [-0.4, -0.2) is 11.1 Å². The van der Waals surface area contributed by atoms with Crippen LogP contribution in [0, 0.1) is 12.8 Å². The Morgan fingerprint density at radius 3 is 2.69 bits per heavy atom. The van der Waals surface area contributed by atoms with Crippen LogP contribution in [0.2, 0.25) is 0 Å². The van der Waals surface area contributed by atoms with Crippen molar-refractivity contribution in [2.45, 2.75) is 32.1 Å². The van der Waals surface area contributed by atoms with Gasteiger partial charge in [0.2, 0.25) is 0 Å². The molecule has 0 spiro atoms. The zero-order chi connectivity index (χ0) is 11.7. The predicted octanol–water partition coefficient (Wildman–Crippen LogP) is 3.73. The lowest BCUT2D eigenvalue weighted by atomic mass is 9.90. The van der Waals surface area contributed by atoms with Crippen LogP contribution in [0.25, 0.3) is 0 Å². The Morgan fingerprint density at radius 1 is 1.50 bits per heavy atom. The number of carboxylic acids is 1. The second-order valence-electron chi connectivity index (χ2n) is 4.60. The predicted molar refractivity (Wildman–Crippen MR) is 66.6 cm³/mol. The van der Waals surface area contributed by atoms with Crippen LogP contribution in [0.5, 0.6) is 0 Å². The Hall–Kier alpha value is -0.830. The summed E-state index contributed by atoms with van der Waals surface area (Å²) in [4.78, 5) is 10.9. The normalized spacial score (nSPS) is 17.1. The van der Waals surface area contributed by atoms with E-state index in [1.54, 1.807) is 0 Å². The number of carbonyl (C=O) groups is 1. The molecule has 1 aromatic carbocycles. The van der Waals surface area contributed by atoms with Gasteiger partial charge in [0.25, 0.3) is 0 Å². The summed E-state index contributed by atoms with van der Waals surface area (Å²) in [6.07, 6.45) is 2.59. The number of carboxylic acid groups (broad SMARTS) is 1. The van der Waals surface area contributed by atoms with Crippen LogP contribution in [0.4, 0.5) is 0 Å². The van der Waals surface area contributed by atoms with Crippen molar-refractivity contribution in [2.24, 2.45) is 5.92 Å². The van der Waals surface area contributed by atoms with Crippen molar-refractivity contribution in [3.63, 3.8) is 0 Å². The largest absolute Gasteiger partial charge is 0.481 e. The van der Waals surface area contributed by atoms with E-state index in [9.17, 15) is 4.79 Å². The van der Waals surface area contributed by atoms with Crippen molar-refractivity contribution >= 4 is 21.9 Å². The molecular weight excluding hydrogens is 268 g/mol. The summed E-state index contributed by atoms with van der Waals surface area (Å²) in [6, 6.07) is 6.21. The molecule has 0 radical (unpaired) electrons. The fourth-order valence-electron chi connectivity index (χ4n) is 2.22. The zero-order valence-electron chi connectivity index (χ0n) is 9.24. The Labute approximate surface area is 104 Å². The Bertz CT molecular complexity index is 390. The number of aryl methyl sites for hydroxylation is 1. The fourth-order valence-corrected chi connectivity index (χ4v) is 2.85. The third-order valence-electron chi connectivity index (χ3n) is 3.08. The van der Waals surface area contributed by atoms with E-state index in [0.717, 1.165) is 10.0 Å². The third-order valence-corrected chi connectivity index (χ3v) is 3.54. The minimum Gasteiger partial charge on any atom is -0.481 e. The lowest BCUT2D eigenvalue weighted by molar-refractivity contribution is -0.137. The van der Waals surface area contributed by atoms with Gasteiger partial charge in [0.1, 0.15) is 0 Å². The highest BCUT2D eigenvalue weighted by Crippen LogP contribution is 2.45. The van der Waals surface area contributed by atoms with E-state index in [-0.39, 0.29) is 12.3 Å². The molecule has 1 aromatic rings. The number of benzene rings is 1. The summed E-state index contributed by atoms with van der Waals surface area (Å²) >= 11 is 3.47. The molecule has 1 aliphatic carbocycles. The highest BCUT2D eigenvalue weighted by molar-refractivity contribution is 9.10. The maximum absolute atomic E-state index is 10.9. The molecule has 86 valence electrons. The van der Waals surface area contributed by atoms with Crippen LogP contribution in [-0.2, 0) is 4.79 Å². The van der Waals surface area contributed by atoms with Crippen LogP contribution in [0.1, 0.15) is 36.3 Å². The summed E-state index contributed by atoms with van der Waals surface area (Å²) in [5.74, 6) is 0.0630. The van der Waals surface area contributed by atoms with Gasteiger partial charge >= 0.3 is 5.97 Å². The van der Waals surface area contributed by atoms with Crippen molar-refractivity contribution in [1.29, 1.82) is 0 Å². The van der Waals surface area contributed by atoms with Crippen molar-refractivity contribution < 1.29 is 9.90 Å². The fraction of sp³-hybridized carbons (Fsp3) is 0.462. The third kappa shape index (κ3) is 2.85. The van der Waals surface area contributed by atoms with Gasteiger partial charge in [-0.2, -0.15) is 0 Å². The summed E-state index contributed by atoms with van der Waals surface area (Å²) in [6.45, 7) is 2.04. The number of hydrogen-bond donors (Lipinski definition) is 1. The average molecular weight is 283 g/mol. The van der Waals surface area contributed by atoms with Gasteiger partial charge in [0, 0.05) is 4.47 Å². The molecule has 1 saturated carbocycles. The summed E-state index contributed by atoms with van der Waals surface area (Å²) < 4.78 is 1.04. The first kappa shape index (κ1) is 11.6. The SMILES string of the molecule is Cc1cc(Br)cc(C(CC(=O)O)C2CC2)c1. The maximum atomic E-state index is 10.9. The molecule has 16 heavy (non-hydrogen) atoms. The molecule has 0 amide bonds. The highest BCUT2D eigenvalue weighted by atomic mass is 79.9. The average Bonchev–Trinajstić information content (AvgIpc) is 2.95. The van der Waals surface area contributed by atoms with E-state index in [1.807, 2.05) is 13.0 Å². The molecule has 3 heteroatoms. The number of hydrogen-bond acceptors (Lipinski definition) is 1. The monoisotopic (exact) mass is 282 g/mol. The topological polar surface area (TPSA) is 37.3 Å². The van der Waals surface area contributed by atoms with Gasteiger partial charge in [-0.3, -0.25) is 4.79 Å². The number of rotatable bonds is 4. The molecule has 0 saturated heterocycles. The quantitative estimate of drug-likeness (QED) is 0.914. The maximum Gasteiger partial charge on any atom is 0.303 e. The van der Waals surface area contributed by atoms with Gasteiger partial charge < -0.3 is 5.11 Å². The molecule has 0 aliphatic heterocycles. The number of halogens is 1. The van der Waals surface area contributed by atoms with E-state index >= 15 is 0 Å². The Kier molecular flexibility index (Phi) is 3.33. The van der Waals surface area contributed by atoms with Crippen molar-refractivity contribution in [3.8, 4) is 0 Å². The highest BCUT2D eigenvalue weighted by Gasteiger charge is 2.33. The summed E-state index contributed by atoms with van der Waals surface area (Å²) in [5.41, 5.74) is 2.34. The molecular formula is C13H15BrO2. The van der Waals surface area contributed by atoms with E-state index in [0.29, 0.717) is 5.92 Å². The lowest BCUT2D eigenvalue weighted by Gasteiger charge is -2.15. The van der Waals surface area contributed by atoms with Gasteiger partial charge in [-0.25, -0.2) is 0 Å². The molecule has 2 rings (SSSR count). The van der Waals surface area contributed by atoms with Crippen molar-refractivity contribution in [1.82, 2.24) is 0 Å². The molecule has 0 heterocycles. The molecule has 1 unspecified atom stereocenters. The molecule has 0 bridgehead atoms. The minimum atomic E-state index is -0.700. The van der Waals surface area contributed by atoms with Gasteiger partial charge in [-0.1, -0.05) is 22.0 Å². The molecule has 1 aliphatic rings. The second kappa shape index (κ2) is 4.58. The first-order chi connectivity index (χ1) is 7.56. The van der Waals surface area contributed by atoms with E-state index in [2.05, 4.69) is 28.1 Å². The van der Waals surface area contributed by atoms with Gasteiger partial charge in [0.15, 0.2) is 0 Å². The van der Waals surface area contributed by atoms with Gasteiger partial charge in [0.05, 0.1) is 6.42 Å². The Balaban J connectivity index is 2.26. The van der Waals surface area contributed by atoms with Crippen LogP contribution in [0.15, 0.2) is 22.7 Å². The lowest BCUT2D eigenvalue weighted by Crippen LogP contribution is -2.08.